The predicted octanol–water partition coefficient (Wildman–Crippen LogP) is 2.53. The topological polar surface area (TPSA) is 102 Å². The van der Waals surface area contributed by atoms with E-state index in [1.165, 1.54) is 4.90 Å². The summed E-state index contributed by atoms with van der Waals surface area (Å²) in [5, 5.41) is 9.26. The lowest BCUT2D eigenvalue weighted by molar-refractivity contribution is -0.116. The molecule has 1 aromatic heterocycles. The minimum absolute atomic E-state index is 0. The summed E-state index contributed by atoms with van der Waals surface area (Å²) >= 11 is 0. The molecular formula is C16H25ClN4O3S2. The second-order valence-electron chi connectivity index (χ2n) is 5.68. The number of aromatic nitrogens is 2. The van der Waals surface area contributed by atoms with E-state index >= 15 is 0 Å². The van der Waals surface area contributed by atoms with Gasteiger partial charge in [0, 0.05) is 48.3 Å². The Morgan fingerprint density at radius 1 is 1.58 bits per heavy atom. The van der Waals surface area contributed by atoms with Gasteiger partial charge in [-0.05, 0) is 19.8 Å². The van der Waals surface area contributed by atoms with Gasteiger partial charge in [-0.1, -0.05) is 21.6 Å². The molecule has 1 amide bonds. The van der Waals surface area contributed by atoms with Crippen molar-refractivity contribution < 1.29 is 14.6 Å². The van der Waals surface area contributed by atoms with Gasteiger partial charge in [0.25, 0.3) is 0 Å². The molecule has 0 saturated carbocycles. The molecule has 0 aromatic carbocycles. The minimum atomic E-state index is 0. The highest BCUT2D eigenvalue weighted by Gasteiger charge is 2.16. The molecule has 1 fully saturated rings. The van der Waals surface area contributed by atoms with E-state index in [1.807, 2.05) is 0 Å². The molecule has 1 aliphatic heterocycles. The number of hydrogen-bond donors (Lipinski definition) is 2. The van der Waals surface area contributed by atoms with E-state index in [-0.39, 0.29) is 19.0 Å². The maximum atomic E-state index is 11.4. The summed E-state index contributed by atoms with van der Waals surface area (Å²) in [5.74, 6) is 1.86. The smallest absolute Gasteiger partial charge is 0.214 e. The number of carbonyl (C=O) groups excluding carboxylic acids is 1. The molecule has 7 nitrogen and oxygen atoms in total. The van der Waals surface area contributed by atoms with E-state index in [1.54, 1.807) is 40.9 Å². The van der Waals surface area contributed by atoms with Crippen molar-refractivity contribution in [1.29, 1.82) is 0 Å². The summed E-state index contributed by atoms with van der Waals surface area (Å²) in [4.78, 5) is 22.1. The van der Waals surface area contributed by atoms with E-state index in [0.29, 0.717) is 36.3 Å². The lowest BCUT2D eigenvalue weighted by Gasteiger charge is -2.16. The Labute approximate surface area is 168 Å². The van der Waals surface area contributed by atoms with Gasteiger partial charge in [0.2, 0.25) is 6.41 Å². The second kappa shape index (κ2) is 12.4. The van der Waals surface area contributed by atoms with Crippen LogP contribution in [0.3, 0.4) is 0 Å². The fourth-order valence-corrected chi connectivity index (χ4v) is 4.81. The summed E-state index contributed by atoms with van der Waals surface area (Å²) in [6.07, 6.45) is 7.13. The standard InChI is InChI=1S/C16H24N4O3S2.ClH/c1-12-18-7-13(16(17)19-12)8-20(11-22)9-15(4-5-21)25-24-10-14-3-2-6-23-14;/h7,9,11,14,21H,2-6,8,10H2,1H3,(H2,17,18,19);1H/b15-9+;. The molecule has 1 saturated heterocycles. The second-order valence-corrected chi connectivity index (χ2v) is 8.14. The van der Waals surface area contributed by atoms with Crippen molar-refractivity contribution in [2.24, 2.45) is 0 Å². The van der Waals surface area contributed by atoms with Crippen molar-refractivity contribution in [3.63, 3.8) is 0 Å². The largest absolute Gasteiger partial charge is 0.396 e. The Morgan fingerprint density at radius 3 is 3.00 bits per heavy atom. The molecule has 0 radical (unpaired) electrons. The SMILES string of the molecule is Cc1ncc(CN(C=O)/C=C(\CCO)SSCC2CCCO2)c(N)n1.Cl. The van der Waals surface area contributed by atoms with Gasteiger partial charge >= 0.3 is 0 Å². The molecule has 1 aliphatic rings. The van der Waals surface area contributed by atoms with E-state index in [4.69, 9.17) is 10.5 Å². The zero-order chi connectivity index (χ0) is 18.1. The maximum absolute atomic E-state index is 11.4. The number of nitrogens with two attached hydrogens (primary N) is 1. The Hall–Kier alpha value is -1.000. The molecule has 2 rings (SSSR count). The van der Waals surface area contributed by atoms with Crippen molar-refractivity contribution in [2.75, 3.05) is 24.7 Å². The van der Waals surface area contributed by atoms with Crippen molar-refractivity contribution in [3.05, 3.63) is 28.7 Å². The summed E-state index contributed by atoms with van der Waals surface area (Å²) in [7, 11) is 3.25. The molecular weight excluding hydrogens is 396 g/mol. The number of rotatable bonds is 10. The van der Waals surface area contributed by atoms with Crippen LogP contribution in [0, 0.1) is 6.92 Å². The van der Waals surface area contributed by atoms with Gasteiger partial charge in [-0.3, -0.25) is 4.79 Å². The minimum Gasteiger partial charge on any atom is -0.396 e. The third-order valence-corrected chi connectivity index (χ3v) is 6.17. The molecule has 1 aromatic rings. The molecule has 2 heterocycles. The number of halogens is 1. The van der Waals surface area contributed by atoms with Gasteiger partial charge in [0.15, 0.2) is 0 Å². The Bertz CT molecular complexity index is 601. The molecule has 3 N–H and O–H groups in total. The number of aryl methyl sites for hydroxylation is 1. The molecule has 26 heavy (non-hydrogen) atoms. The van der Waals surface area contributed by atoms with Crippen LogP contribution < -0.4 is 5.73 Å². The average Bonchev–Trinajstić information content (AvgIpc) is 3.10. The first-order valence-corrected chi connectivity index (χ1v) is 10.5. The van der Waals surface area contributed by atoms with Crippen LogP contribution in [-0.2, 0) is 16.1 Å². The van der Waals surface area contributed by atoms with Crippen LogP contribution >= 0.6 is 34.0 Å². The summed E-state index contributed by atoms with van der Waals surface area (Å²) in [6, 6.07) is 0. The third kappa shape index (κ3) is 7.71. The van der Waals surface area contributed by atoms with Crippen molar-refractivity contribution in [3.8, 4) is 0 Å². The van der Waals surface area contributed by atoms with Crippen LogP contribution in [0.2, 0.25) is 0 Å². The maximum Gasteiger partial charge on any atom is 0.214 e. The Kier molecular flexibility index (Phi) is 11.0. The first-order valence-electron chi connectivity index (χ1n) is 8.14. The monoisotopic (exact) mass is 420 g/mol. The summed E-state index contributed by atoms with van der Waals surface area (Å²) < 4.78 is 5.60. The van der Waals surface area contributed by atoms with Gasteiger partial charge in [0.1, 0.15) is 11.6 Å². The number of ether oxygens (including phenoxy) is 1. The van der Waals surface area contributed by atoms with Crippen molar-refractivity contribution in [2.45, 2.75) is 38.8 Å². The van der Waals surface area contributed by atoms with Crippen LogP contribution in [0.1, 0.15) is 30.7 Å². The predicted molar refractivity (Wildman–Crippen MR) is 109 cm³/mol. The van der Waals surface area contributed by atoms with Gasteiger partial charge in [-0.2, -0.15) is 0 Å². The number of aliphatic hydroxyl groups is 1. The number of aliphatic hydroxyl groups excluding tert-OH is 1. The zero-order valence-electron chi connectivity index (χ0n) is 14.7. The molecule has 10 heteroatoms. The number of nitrogens with zero attached hydrogens (tertiary/aromatic N) is 3. The number of hydrogen-bond acceptors (Lipinski definition) is 8. The van der Waals surface area contributed by atoms with Crippen molar-refractivity contribution >= 4 is 46.2 Å². The number of amides is 1. The van der Waals surface area contributed by atoms with E-state index in [0.717, 1.165) is 36.5 Å². The van der Waals surface area contributed by atoms with Crippen LogP contribution in [0.15, 0.2) is 17.3 Å². The van der Waals surface area contributed by atoms with Gasteiger partial charge in [-0.15, -0.1) is 12.4 Å². The highest BCUT2D eigenvalue weighted by atomic mass is 35.5. The first kappa shape index (κ1) is 23.0. The molecule has 0 aliphatic carbocycles. The first-order chi connectivity index (χ1) is 12.1. The molecule has 146 valence electrons. The van der Waals surface area contributed by atoms with Gasteiger partial charge < -0.3 is 20.5 Å². The average molecular weight is 421 g/mol. The molecule has 1 atom stereocenters. The number of anilines is 1. The summed E-state index contributed by atoms with van der Waals surface area (Å²) in [5.41, 5.74) is 6.58. The van der Waals surface area contributed by atoms with Gasteiger partial charge in [-0.25, -0.2) is 9.97 Å². The van der Waals surface area contributed by atoms with E-state index in [2.05, 4.69) is 9.97 Å². The molecule has 0 bridgehead atoms. The Morgan fingerprint density at radius 2 is 2.38 bits per heavy atom. The lowest BCUT2D eigenvalue weighted by atomic mass is 10.3. The fourth-order valence-electron chi connectivity index (χ4n) is 2.33. The van der Waals surface area contributed by atoms with Crippen LogP contribution in [-0.4, -0.2) is 51.5 Å². The highest BCUT2D eigenvalue weighted by Crippen LogP contribution is 2.34. The highest BCUT2D eigenvalue weighted by molar-refractivity contribution is 8.78. The van der Waals surface area contributed by atoms with Gasteiger partial charge in [0.05, 0.1) is 12.6 Å². The quantitative estimate of drug-likeness (QED) is 0.439. The Balaban J connectivity index is 0.00000338. The fraction of sp³-hybridized carbons (Fsp3) is 0.562. The number of nitrogen functional groups attached to an aromatic ring is 1. The van der Waals surface area contributed by atoms with Crippen LogP contribution in [0.4, 0.5) is 5.82 Å². The van der Waals surface area contributed by atoms with Crippen LogP contribution in [0.25, 0.3) is 0 Å². The summed E-state index contributed by atoms with van der Waals surface area (Å²) in [6.45, 7) is 2.93. The zero-order valence-corrected chi connectivity index (χ0v) is 17.1. The van der Waals surface area contributed by atoms with Crippen LogP contribution in [0.5, 0.6) is 0 Å². The van der Waals surface area contributed by atoms with E-state index in [9.17, 15) is 9.90 Å². The lowest BCUT2D eigenvalue weighted by Crippen LogP contribution is -2.17. The molecule has 0 spiro atoms. The van der Waals surface area contributed by atoms with Crippen molar-refractivity contribution in [1.82, 2.24) is 14.9 Å². The third-order valence-electron chi connectivity index (χ3n) is 3.62. The number of carbonyl (C=O) groups is 1. The normalized spacial score (nSPS) is 17.0. The molecule has 1 unspecified atom stereocenters. The van der Waals surface area contributed by atoms with E-state index < -0.39 is 0 Å².